The summed E-state index contributed by atoms with van der Waals surface area (Å²) < 4.78 is 29.4. The highest BCUT2D eigenvalue weighted by Crippen LogP contribution is 2.39. The lowest BCUT2D eigenvalue weighted by Gasteiger charge is -2.32. The Hall–Kier alpha value is -3.82. The number of fused-ring (bicyclic) bond motifs is 1. The van der Waals surface area contributed by atoms with Gasteiger partial charge in [0.15, 0.2) is 0 Å². The molecule has 3 fully saturated rings. The Kier molecular flexibility index (Phi) is 6.35. The molecule has 3 heterocycles. The Morgan fingerprint density at radius 2 is 1.74 bits per heavy atom. The second-order valence-corrected chi connectivity index (χ2v) is 11.0. The molecular formula is C29H31F2N5O3. The Balaban J connectivity index is 1.26. The lowest BCUT2D eigenvalue weighted by molar-refractivity contribution is -0.143. The van der Waals surface area contributed by atoms with E-state index in [1.807, 2.05) is 58.1 Å². The summed E-state index contributed by atoms with van der Waals surface area (Å²) in [6, 6.07) is 13.5. The van der Waals surface area contributed by atoms with Crippen LogP contribution in [0, 0.1) is 5.92 Å². The van der Waals surface area contributed by atoms with Crippen molar-refractivity contribution in [1.29, 1.82) is 0 Å². The number of aromatic nitrogens is 2. The summed E-state index contributed by atoms with van der Waals surface area (Å²) in [5, 5.41) is 7.92. The number of carbonyl (C=O) groups excluding carboxylic acids is 3. The van der Waals surface area contributed by atoms with Crippen molar-refractivity contribution in [1.82, 2.24) is 20.0 Å². The van der Waals surface area contributed by atoms with Crippen LogP contribution < -0.4 is 10.2 Å². The van der Waals surface area contributed by atoms with Crippen LogP contribution in [0.2, 0.25) is 0 Å². The maximum Gasteiger partial charge on any atom is 0.321 e. The lowest BCUT2D eigenvalue weighted by Crippen LogP contribution is -2.46. The van der Waals surface area contributed by atoms with Gasteiger partial charge in [-0.2, -0.15) is 13.9 Å². The first-order valence-corrected chi connectivity index (χ1v) is 13.5. The van der Waals surface area contributed by atoms with E-state index in [1.165, 1.54) is 0 Å². The van der Waals surface area contributed by atoms with Crippen molar-refractivity contribution >= 4 is 34.3 Å². The third-order valence-corrected chi connectivity index (χ3v) is 8.08. The summed E-state index contributed by atoms with van der Waals surface area (Å²) >= 11 is 0. The largest absolute Gasteiger partial charge is 0.345 e. The van der Waals surface area contributed by atoms with Gasteiger partial charge in [-0.25, -0.2) is 0 Å². The van der Waals surface area contributed by atoms with Crippen molar-refractivity contribution in [3.63, 3.8) is 0 Å². The first-order chi connectivity index (χ1) is 18.7. The minimum Gasteiger partial charge on any atom is -0.345 e. The lowest BCUT2D eigenvalue weighted by atomic mass is 9.99. The summed E-state index contributed by atoms with van der Waals surface area (Å²) in [6.07, 6.45) is 5.37. The van der Waals surface area contributed by atoms with Gasteiger partial charge in [-0.15, -0.1) is 0 Å². The van der Waals surface area contributed by atoms with E-state index in [1.54, 1.807) is 11.1 Å². The molecule has 3 aliphatic rings. The molecular weight excluding hydrogens is 504 g/mol. The van der Waals surface area contributed by atoms with Crippen molar-refractivity contribution in [2.75, 3.05) is 18.0 Å². The van der Waals surface area contributed by atoms with Crippen molar-refractivity contribution in [3.8, 4) is 0 Å². The number of nitrogens with one attached hydrogen (secondary N) is 1. The molecule has 2 aromatic carbocycles. The maximum absolute atomic E-state index is 13.7. The molecule has 39 heavy (non-hydrogen) atoms. The summed E-state index contributed by atoms with van der Waals surface area (Å²) in [5.41, 5.74) is 2.30. The van der Waals surface area contributed by atoms with E-state index in [0.29, 0.717) is 12.6 Å². The minimum absolute atomic E-state index is 0.0865. The number of anilines is 1. The van der Waals surface area contributed by atoms with E-state index in [0.717, 1.165) is 55.2 Å². The molecule has 204 valence electrons. The third-order valence-electron chi connectivity index (χ3n) is 8.08. The van der Waals surface area contributed by atoms with E-state index in [9.17, 15) is 23.2 Å². The summed E-state index contributed by atoms with van der Waals surface area (Å²) in [7, 11) is 0. The van der Waals surface area contributed by atoms with E-state index >= 15 is 0 Å². The number of nitrogens with zero attached hydrogens (tertiary/aromatic N) is 4. The standard InChI is InChI=1S/C29H31F2N5O3/c1-29(30,31)28(39)33-23-16-25(37)35(26(23)18-5-3-2-4-6-18)22-9-10-24-20(15-22)17-32-36(24)21-11-13-34(14-12-21)27(38)19-7-8-19/h2-6,9-10,15,17,19,21,23,26H,7-8,11-14,16H2,1H3,(H,33,39)/t23-,26?/m0/s1. The van der Waals surface area contributed by atoms with E-state index in [4.69, 9.17) is 0 Å². The average Bonchev–Trinajstić information content (AvgIpc) is 3.61. The number of likely N-dealkylation sites (tertiary alicyclic amines) is 1. The van der Waals surface area contributed by atoms with Gasteiger partial charge in [0.05, 0.1) is 29.8 Å². The molecule has 2 saturated heterocycles. The number of hydrogen-bond acceptors (Lipinski definition) is 4. The van der Waals surface area contributed by atoms with E-state index in [2.05, 4.69) is 10.4 Å². The highest BCUT2D eigenvalue weighted by Gasteiger charge is 2.45. The smallest absolute Gasteiger partial charge is 0.321 e. The average molecular weight is 536 g/mol. The van der Waals surface area contributed by atoms with Crippen LogP contribution in [0.25, 0.3) is 10.9 Å². The fraction of sp³-hybridized carbons (Fsp3) is 0.448. The van der Waals surface area contributed by atoms with E-state index in [-0.39, 0.29) is 30.2 Å². The first-order valence-electron chi connectivity index (χ1n) is 13.5. The maximum atomic E-state index is 13.7. The summed E-state index contributed by atoms with van der Waals surface area (Å²) in [5.74, 6) is -4.70. The molecule has 2 aliphatic heterocycles. The molecule has 2 atom stereocenters. The van der Waals surface area contributed by atoms with Crippen LogP contribution in [0.3, 0.4) is 0 Å². The fourth-order valence-corrected chi connectivity index (χ4v) is 5.90. The van der Waals surface area contributed by atoms with Gasteiger partial charge >= 0.3 is 5.92 Å². The topological polar surface area (TPSA) is 87.5 Å². The van der Waals surface area contributed by atoms with Gasteiger partial charge in [0, 0.05) is 43.4 Å². The van der Waals surface area contributed by atoms with Gasteiger partial charge in [-0.05, 0) is 49.4 Å². The molecule has 6 rings (SSSR count). The van der Waals surface area contributed by atoms with Crippen LogP contribution in [0.15, 0.2) is 54.7 Å². The van der Waals surface area contributed by atoms with Crippen molar-refractivity contribution in [2.24, 2.45) is 5.92 Å². The van der Waals surface area contributed by atoms with Gasteiger partial charge in [0.1, 0.15) is 0 Å². The predicted octanol–water partition coefficient (Wildman–Crippen LogP) is 4.23. The molecule has 1 saturated carbocycles. The zero-order chi connectivity index (χ0) is 27.3. The van der Waals surface area contributed by atoms with Gasteiger partial charge in [0.2, 0.25) is 11.8 Å². The summed E-state index contributed by atoms with van der Waals surface area (Å²) in [6.45, 7) is 2.00. The quantitative estimate of drug-likeness (QED) is 0.512. The number of amides is 3. The van der Waals surface area contributed by atoms with Crippen LogP contribution in [-0.4, -0.2) is 57.5 Å². The van der Waals surface area contributed by atoms with Crippen LogP contribution >= 0.6 is 0 Å². The molecule has 8 nitrogen and oxygen atoms in total. The van der Waals surface area contributed by atoms with Gasteiger partial charge in [-0.3, -0.25) is 19.1 Å². The Morgan fingerprint density at radius 1 is 1.03 bits per heavy atom. The molecule has 3 aromatic rings. The molecule has 1 aliphatic carbocycles. The first kappa shape index (κ1) is 25.5. The second kappa shape index (κ2) is 9.73. The number of carbonyl (C=O) groups is 3. The van der Waals surface area contributed by atoms with Gasteiger partial charge in [0.25, 0.3) is 5.91 Å². The number of benzene rings is 2. The van der Waals surface area contributed by atoms with Crippen molar-refractivity contribution in [3.05, 3.63) is 60.3 Å². The molecule has 0 spiro atoms. The van der Waals surface area contributed by atoms with Crippen molar-refractivity contribution < 1.29 is 23.2 Å². The molecule has 1 N–H and O–H groups in total. The number of hydrogen-bond donors (Lipinski definition) is 1. The minimum atomic E-state index is -3.55. The SMILES string of the molecule is CC(F)(F)C(=O)N[C@H]1CC(=O)N(c2ccc3c(cnn3C3CCN(C(=O)C4CC4)CC3)c2)C1c1ccccc1. The highest BCUT2D eigenvalue weighted by molar-refractivity contribution is 6.00. The number of rotatable bonds is 6. The molecule has 1 aromatic heterocycles. The summed E-state index contributed by atoms with van der Waals surface area (Å²) in [4.78, 5) is 41.4. The zero-order valence-corrected chi connectivity index (χ0v) is 21.7. The van der Waals surface area contributed by atoms with Crippen LogP contribution in [0.5, 0.6) is 0 Å². The van der Waals surface area contributed by atoms with Crippen LogP contribution in [-0.2, 0) is 14.4 Å². The molecule has 0 bridgehead atoms. The molecule has 1 unspecified atom stereocenters. The van der Waals surface area contributed by atoms with Gasteiger partial charge < -0.3 is 15.1 Å². The monoisotopic (exact) mass is 535 g/mol. The van der Waals surface area contributed by atoms with Gasteiger partial charge in [-0.1, -0.05) is 30.3 Å². The Bertz CT molecular complexity index is 1410. The number of alkyl halides is 2. The molecule has 0 radical (unpaired) electrons. The zero-order valence-electron chi connectivity index (χ0n) is 21.7. The third kappa shape index (κ3) is 4.88. The van der Waals surface area contributed by atoms with Crippen LogP contribution in [0.1, 0.15) is 56.7 Å². The highest BCUT2D eigenvalue weighted by atomic mass is 19.3. The Morgan fingerprint density at radius 3 is 2.41 bits per heavy atom. The normalized spacial score (nSPS) is 22.5. The Labute approximate surface area is 224 Å². The van der Waals surface area contributed by atoms with Crippen molar-refractivity contribution in [2.45, 2.75) is 63.1 Å². The number of halogens is 2. The van der Waals surface area contributed by atoms with E-state index < -0.39 is 23.9 Å². The number of piperidine rings is 1. The predicted molar refractivity (Wildman–Crippen MR) is 141 cm³/mol. The van der Waals surface area contributed by atoms with Crippen LogP contribution in [0.4, 0.5) is 14.5 Å². The fourth-order valence-electron chi connectivity index (χ4n) is 5.90. The molecule has 10 heteroatoms. The second-order valence-electron chi connectivity index (χ2n) is 11.0. The molecule has 3 amide bonds.